The van der Waals surface area contributed by atoms with Crippen molar-refractivity contribution in [3.8, 4) is 11.5 Å². The van der Waals surface area contributed by atoms with Gasteiger partial charge >= 0.3 is 0 Å². The van der Waals surface area contributed by atoms with E-state index in [1.54, 1.807) is 31.4 Å². The summed E-state index contributed by atoms with van der Waals surface area (Å²) in [5.74, 6) is 0.525. The number of rotatable bonds is 11. The van der Waals surface area contributed by atoms with Crippen LogP contribution in [0.15, 0.2) is 65.6 Å². The highest BCUT2D eigenvalue weighted by Gasteiger charge is 2.28. The van der Waals surface area contributed by atoms with Crippen LogP contribution in [0.25, 0.3) is 0 Å². The lowest BCUT2D eigenvalue weighted by Crippen LogP contribution is -2.41. The summed E-state index contributed by atoms with van der Waals surface area (Å²) in [6, 6.07) is 14.5. The summed E-state index contributed by atoms with van der Waals surface area (Å²) in [5.41, 5.74) is 3.16. The Kier molecular flexibility index (Phi) is 9.38. The molecule has 0 spiro atoms. The van der Waals surface area contributed by atoms with Gasteiger partial charge in [-0.2, -0.15) is 0 Å². The monoisotopic (exact) mass is 542 g/mol. The summed E-state index contributed by atoms with van der Waals surface area (Å²) < 4.78 is 52.6. The van der Waals surface area contributed by atoms with Gasteiger partial charge in [0.05, 0.1) is 30.3 Å². The van der Waals surface area contributed by atoms with Crippen molar-refractivity contribution in [1.29, 1.82) is 0 Å². The molecule has 0 saturated heterocycles. The molecule has 0 aliphatic rings. The van der Waals surface area contributed by atoms with Gasteiger partial charge in [0, 0.05) is 0 Å². The molecule has 0 bridgehead atoms. The lowest BCUT2D eigenvalue weighted by atomic mass is 9.93. The van der Waals surface area contributed by atoms with Gasteiger partial charge in [0.15, 0.2) is 0 Å². The Balaban J connectivity index is 1.92. The molecule has 0 heterocycles. The largest absolute Gasteiger partial charge is 0.496 e. The summed E-state index contributed by atoms with van der Waals surface area (Å²) in [6.45, 7) is 9.76. The Hall–Kier alpha value is -3.59. The van der Waals surface area contributed by atoms with Gasteiger partial charge < -0.3 is 14.8 Å². The van der Waals surface area contributed by atoms with E-state index in [4.69, 9.17) is 9.47 Å². The van der Waals surface area contributed by atoms with Crippen molar-refractivity contribution < 1.29 is 27.1 Å². The van der Waals surface area contributed by atoms with Crippen LogP contribution in [0, 0.1) is 12.7 Å². The molecule has 0 aliphatic heterocycles. The number of sulfonamides is 1. The number of halogens is 1. The van der Waals surface area contributed by atoms with Crippen molar-refractivity contribution in [2.75, 3.05) is 24.6 Å². The van der Waals surface area contributed by atoms with Crippen LogP contribution in [-0.2, 0) is 14.8 Å². The number of methoxy groups -OCH3 is 1. The SMILES string of the molecule is CCOc1ccc(N(CC(=O)NC(C)c2cc(C(C)C)c(OC)cc2C)S(=O)(=O)c2ccc(F)cc2)cc1. The maximum atomic E-state index is 13.6. The number of anilines is 1. The molecule has 0 aromatic heterocycles. The lowest BCUT2D eigenvalue weighted by Gasteiger charge is -2.26. The predicted molar refractivity (Wildman–Crippen MR) is 147 cm³/mol. The highest BCUT2D eigenvalue weighted by Crippen LogP contribution is 2.32. The highest BCUT2D eigenvalue weighted by molar-refractivity contribution is 7.92. The molecule has 3 aromatic rings. The van der Waals surface area contributed by atoms with Crippen LogP contribution in [0.4, 0.5) is 10.1 Å². The van der Waals surface area contributed by atoms with Crippen molar-refractivity contribution in [2.24, 2.45) is 0 Å². The van der Waals surface area contributed by atoms with E-state index in [2.05, 4.69) is 19.2 Å². The Labute approximate surface area is 224 Å². The van der Waals surface area contributed by atoms with Gasteiger partial charge in [-0.1, -0.05) is 13.8 Å². The topological polar surface area (TPSA) is 84.9 Å². The number of ether oxygens (including phenoxy) is 2. The first-order valence-electron chi connectivity index (χ1n) is 12.5. The fraction of sp³-hybridized carbons (Fsp3) is 0.345. The molecule has 0 saturated carbocycles. The zero-order chi connectivity index (χ0) is 28.0. The third kappa shape index (κ3) is 6.64. The first kappa shape index (κ1) is 29.0. The number of aryl methyl sites for hydroxylation is 1. The molecule has 38 heavy (non-hydrogen) atoms. The van der Waals surface area contributed by atoms with Gasteiger partial charge in [0.1, 0.15) is 23.9 Å². The number of carbonyl (C=O) groups excluding carboxylic acids is 1. The summed E-state index contributed by atoms with van der Waals surface area (Å²) >= 11 is 0. The average Bonchev–Trinajstić information content (AvgIpc) is 2.87. The van der Waals surface area contributed by atoms with Crippen LogP contribution >= 0.6 is 0 Å². The van der Waals surface area contributed by atoms with Gasteiger partial charge in [-0.15, -0.1) is 0 Å². The van der Waals surface area contributed by atoms with Crippen LogP contribution < -0.4 is 19.1 Å². The minimum Gasteiger partial charge on any atom is -0.496 e. The van der Waals surface area contributed by atoms with E-state index >= 15 is 0 Å². The number of amides is 1. The standard InChI is InChI=1S/C29H35FN2O5S/c1-7-37-24-12-10-23(11-13-24)32(38(34,35)25-14-8-22(30)9-15-25)18-29(33)31-21(5)27-17-26(19(2)3)28(36-6)16-20(27)4/h8-17,19,21H,7,18H2,1-6H3,(H,31,33). The second-order valence-electron chi connectivity index (χ2n) is 9.29. The molecule has 1 unspecified atom stereocenters. The molecule has 1 amide bonds. The van der Waals surface area contributed by atoms with E-state index in [9.17, 15) is 17.6 Å². The van der Waals surface area contributed by atoms with E-state index < -0.39 is 28.3 Å². The van der Waals surface area contributed by atoms with E-state index in [-0.39, 0.29) is 22.5 Å². The van der Waals surface area contributed by atoms with Crippen LogP contribution in [0.5, 0.6) is 11.5 Å². The van der Waals surface area contributed by atoms with Gasteiger partial charge in [-0.05, 0) is 104 Å². The molecule has 3 aromatic carbocycles. The number of nitrogens with zero attached hydrogens (tertiary/aromatic N) is 1. The molecule has 0 fully saturated rings. The highest BCUT2D eigenvalue weighted by atomic mass is 32.2. The normalized spacial score (nSPS) is 12.2. The fourth-order valence-corrected chi connectivity index (χ4v) is 5.65. The van der Waals surface area contributed by atoms with Crippen molar-refractivity contribution in [3.63, 3.8) is 0 Å². The lowest BCUT2D eigenvalue weighted by molar-refractivity contribution is -0.120. The van der Waals surface area contributed by atoms with Gasteiger partial charge in [-0.3, -0.25) is 9.10 Å². The Bertz CT molecular complexity index is 1360. The maximum absolute atomic E-state index is 13.6. The minimum atomic E-state index is -4.18. The number of benzene rings is 3. The van der Waals surface area contributed by atoms with Crippen molar-refractivity contribution in [2.45, 2.75) is 51.5 Å². The van der Waals surface area contributed by atoms with E-state index in [0.717, 1.165) is 38.9 Å². The Morgan fingerprint density at radius 2 is 1.63 bits per heavy atom. The average molecular weight is 543 g/mol. The Morgan fingerprint density at radius 1 is 1.00 bits per heavy atom. The molecule has 0 aliphatic carbocycles. The van der Waals surface area contributed by atoms with Crippen molar-refractivity contribution in [3.05, 3.63) is 83.2 Å². The van der Waals surface area contributed by atoms with Gasteiger partial charge in [-0.25, -0.2) is 12.8 Å². The van der Waals surface area contributed by atoms with Crippen LogP contribution in [-0.4, -0.2) is 34.6 Å². The van der Waals surface area contributed by atoms with Crippen LogP contribution in [0.3, 0.4) is 0 Å². The molecular weight excluding hydrogens is 507 g/mol. The van der Waals surface area contributed by atoms with Crippen LogP contribution in [0.1, 0.15) is 56.3 Å². The smallest absolute Gasteiger partial charge is 0.264 e. The van der Waals surface area contributed by atoms with Crippen molar-refractivity contribution >= 4 is 21.6 Å². The fourth-order valence-electron chi connectivity index (χ4n) is 4.23. The van der Waals surface area contributed by atoms with Gasteiger partial charge in [0.2, 0.25) is 5.91 Å². The molecular formula is C29H35FN2O5S. The predicted octanol–water partition coefficient (Wildman–Crippen LogP) is 5.74. The molecule has 0 radical (unpaired) electrons. The summed E-state index contributed by atoms with van der Waals surface area (Å²) in [6.07, 6.45) is 0. The number of carbonyl (C=O) groups is 1. The maximum Gasteiger partial charge on any atom is 0.264 e. The Morgan fingerprint density at radius 3 is 2.18 bits per heavy atom. The zero-order valence-corrected chi connectivity index (χ0v) is 23.4. The number of nitrogens with one attached hydrogen (secondary N) is 1. The molecule has 1 N–H and O–H groups in total. The quantitative estimate of drug-likeness (QED) is 0.334. The third-order valence-electron chi connectivity index (χ3n) is 6.21. The first-order valence-corrected chi connectivity index (χ1v) is 13.9. The number of hydrogen-bond donors (Lipinski definition) is 1. The van der Waals surface area contributed by atoms with E-state index in [0.29, 0.717) is 12.4 Å². The van der Waals surface area contributed by atoms with E-state index in [1.807, 2.05) is 32.9 Å². The minimum absolute atomic E-state index is 0.124. The molecule has 7 nitrogen and oxygen atoms in total. The first-order chi connectivity index (χ1) is 18.0. The molecule has 1 atom stereocenters. The van der Waals surface area contributed by atoms with Crippen LogP contribution in [0.2, 0.25) is 0 Å². The number of hydrogen-bond acceptors (Lipinski definition) is 5. The summed E-state index contributed by atoms with van der Waals surface area (Å²) in [5, 5.41) is 2.93. The molecule has 204 valence electrons. The zero-order valence-electron chi connectivity index (χ0n) is 22.6. The second-order valence-corrected chi connectivity index (χ2v) is 11.1. The second kappa shape index (κ2) is 12.3. The molecule has 3 rings (SSSR count). The summed E-state index contributed by atoms with van der Waals surface area (Å²) in [4.78, 5) is 13.1. The van der Waals surface area contributed by atoms with Crippen molar-refractivity contribution in [1.82, 2.24) is 5.32 Å². The molecule has 9 heteroatoms. The van der Waals surface area contributed by atoms with E-state index in [1.165, 1.54) is 12.1 Å². The summed E-state index contributed by atoms with van der Waals surface area (Å²) in [7, 11) is -2.55. The van der Waals surface area contributed by atoms with Gasteiger partial charge in [0.25, 0.3) is 10.0 Å². The third-order valence-corrected chi connectivity index (χ3v) is 8.00.